The van der Waals surface area contributed by atoms with Gasteiger partial charge in [-0.05, 0) is 31.4 Å². The van der Waals surface area contributed by atoms with E-state index in [2.05, 4.69) is 10.4 Å². The molecule has 1 atom stereocenters. The summed E-state index contributed by atoms with van der Waals surface area (Å²) in [6.07, 6.45) is 8.53. The van der Waals surface area contributed by atoms with E-state index in [1.807, 2.05) is 0 Å². The highest BCUT2D eigenvalue weighted by molar-refractivity contribution is 6.02. The molecule has 0 saturated carbocycles. The number of rotatable bonds is 4. The summed E-state index contributed by atoms with van der Waals surface area (Å²) in [7, 11) is 0. The van der Waals surface area contributed by atoms with Crippen LogP contribution in [0.2, 0.25) is 0 Å². The van der Waals surface area contributed by atoms with Crippen LogP contribution in [0.5, 0.6) is 0 Å². The molecule has 2 aromatic heterocycles. The van der Waals surface area contributed by atoms with Gasteiger partial charge in [-0.25, -0.2) is 0 Å². The molecule has 6 heteroatoms. The molecule has 2 aromatic rings. The topological polar surface area (TPSA) is 69.3 Å². The maximum atomic E-state index is 11.8. The van der Waals surface area contributed by atoms with Gasteiger partial charge in [-0.2, -0.15) is 5.10 Å². The molecule has 1 aliphatic rings. The first-order chi connectivity index (χ1) is 9.81. The molecule has 0 bridgehead atoms. The lowest BCUT2D eigenvalue weighted by atomic mass is 10.1. The summed E-state index contributed by atoms with van der Waals surface area (Å²) in [5, 5.41) is 6.98. The number of furan rings is 1. The minimum absolute atomic E-state index is 0.220. The predicted octanol–water partition coefficient (Wildman–Crippen LogP) is 2.30. The number of carbonyl (C=O) groups is 1. The SMILES string of the molecule is O=C(Nc1cnn(C[C@H]2CCCCO2)c1)c1ccco1. The summed E-state index contributed by atoms with van der Waals surface area (Å²) in [6.45, 7) is 1.55. The average molecular weight is 275 g/mol. The number of amides is 1. The van der Waals surface area contributed by atoms with E-state index in [9.17, 15) is 4.79 Å². The third kappa shape index (κ3) is 3.08. The van der Waals surface area contributed by atoms with E-state index in [-0.39, 0.29) is 17.8 Å². The normalized spacial score (nSPS) is 18.9. The first kappa shape index (κ1) is 12.9. The van der Waals surface area contributed by atoms with Gasteiger partial charge in [-0.1, -0.05) is 0 Å². The van der Waals surface area contributed by atoms with Crippen LogP contribution in [0.1, 0.15) is 29.8 Å². The molecule has 0 unspecified atom stereocenters. The molecule has 0 aromatic carbocycles. The van der Waals surface area contributed by atoms with Gasteiger partial charge >= 0.3 is 0 Å². The van der Waals surface area contributed by atoms with Crippen molar-refractivity contribution in [2.45, 2.75) is 31.9 Å². The molecule has 6 nitrogen and oxygen atoms in total. The summed E-state index contributed by atoms with van der Waals surface area (Å²) in [6, 6.07) is 3.30. The van der Waals surface area contributed by atoms with Gasteiger partial charge in [0, 0.05) is 12.8 Å². The fourth-order valence-corrected chi connectivity index (χ4v) is 2.29. The molecule has 0 spiro atoms. The predicted molar refractivity (Wildman–Crippen MR) is 72.5 cm³/mol. The van der Waals surface area contributed by atoms with Crippen molar-refractivity contribution >= 4 is 11.6 Å². The molecule has 20 heavy (non-hydrogen) atoms. The largest absolute Gasteiger partial charge is 0.459 e. The monoisotopic (exact) mass is 275 g/mol. The van der Waals surface area contributed by atoms with Crippen molar-refractivity contribution in [2.24, 2.45) is 0 Å². The summed E-state index contributed by atoms with van der Waals surface area (Å²) < 4.78 is 12.5. The molecule has 1 amide bonds. The molecular weight excluding hydrogens is 258 g/mol. The van der Waals surface area contributed by atoms with Crippen molar-refractivity contribution in [3.8, 4) is 0 Å². The number of hydrogen-bond donors (Lipinski definition) is 1. The van der Waals surface area contributed by atoms with Gasteiger partial charge in [0.2, 0.25) is 0 Å². The Bertz CT molecular complexity index is 556. The summed E-state index contributed by atoms with van der Waals surface area (Å²) in [4.78, 5) is 11.8. The van der Waals surface area contributed by atoms with E-state index in [1.165, 1.54) is 12.7 Å². The molecule has 3 rings (SSSR count). The molecule has 106 valence electrons. The molecule has 1 fully saturated rings. The Hall–Kier alpha value is -2.08. The lowest BCUT2D eigenvalue weighted by Gasteiger charge is -2.22. The maximum absolute atomic E-state index is 11.8. The van der Waals surface area contributed by atoms with E-state index in [0.29, 0.717) is 5.69 Å². The molecular formula is C14H17N3O3. The van der Waals surface area contributed by atoms with Gasteiger partial charge in [0.25, 0.3) is 5.91 Å². The highest BCUT2D eigenvalue weighted by Crippen LogP contribution is 2.15. The second-order valence-corrected chi connectivity index (χ2v) is 4.87. The lowest BCUT2D eigenvalue weighted by Crippen LogP contribution is -2.24. The van der Waals surface area contributed by atoms with Crippen molar-refractivity contribution < 1.29 is 13.9 Å². The number of aromatic nitrogens is 2. The van der Waals surface area contributed by atoms with Crippen molar-refractivity contribution in [1.82, 2.24) is 9.78 Å². The van der Waals surface area contributed by atoms with Crippen LogP contribution in [0.3, 0.4) is 0 Å². The fourth-order valence-electron chi connectivity index (χ4n) is 2.29. The minimum Gasteiger partial charge on any atom is -0.459 e. The molecule has 0 aliphatic carbocycles. The summed E-state index contributed by atoms with van der Waals surface area (Å²) in [5.74, 6) is 0.0110. The number of nitrogens with zero attached hydrogens (tertiary/aromatic N) is 2. The minimum atomic E-state index is -0.275. The van der Waals surface area contributed by atoms with Crippen LogP contribution in [0.25, 0.3) is 0 Å². The van der Waals surface area contributed by atoms with Gasteiger partial charge in [-0.15, -0.1) is 0 Å². The molecule has 1 saturated heterocycles. The smallest absolute Gasteiger partial charge is 0.291 e. The first-order valence-corrected chi connectivity index (χ1v) is 6.80. The third-order valence-corrected chi connectivity index (χ3v) is 3.30. The lowest BCUT2D eigenvalue weighted by molar-refractivity contribution is 0.00401. The summed E-state index contributed by atoms with van der Waals surface area (Å²) in [5.41, 5.74) is 0.655. The first-order valence-electron chi connectivity index (χ1n) is 6.80. The Balaban J connectivity index is 1.57. The fraction of sp³-hybridized carbons (Fsp3) is 0.429. The van der Waals surface area contributed by atoms with Gasteiger partial charge in [-0.3, -0.25) is 9.48 Å². The Morgan fingerprint density at radius 1 is 1.50 bits per heavy atom. The van der Waals surface area contributed by atoms with Crippen LogP contribution in [0, 0.1) is 0 Å². The van der Waals surface area contributed by atoms with E-state index in [4.69, 9.17) is 9.15 Å². The van der Waals surface area contributed by atoms with Gasteiger partial charge in [0.15, 0.2) is 5.76 Å². The molecule has 1 N–H and O–H groups in total. The zero-order chi connectivity index (χ0) is 13.8. The quantitative estimate of drug-likeness (QED) is 0.929. The number of hydrogen-bond acceptors (Lipinski definition) is 4. The van der Waals surface area contributed by atoms with Crippen LogP contribution in [-0.4, -0.2) is 28.4 Å². The number of carbonyl (C=O) groups excluding carboxylic acids is 1. The second kappa shape index (κ2) is 5.92. The van der Waals surface area contributed by atoms with Gasteiger partial charge in [0.05, 0.1) is 30.8 Å². The van der Waals surface area contributed by atoms with E-state index in [1.54, 1.807) is 29.2 Å². The summed E-state index contributed by atoms with van der Waals surface area (Å²) >= 11 is 0. The standard InChI is InChI=1S/C14H17N3O3/c18-14(13-5-3-7-20-13)16-11-8-15-17(9-11)10-12-4-1-2-6-19-12/h3,5,7-9,12H,1-2,4,6,10H2,(H,16,18)/t12-/m1/s1. The van der Waals surface area contributed by atoms with E-state index in [0.717, 1.165) is 26.0 Å². The van der Waals surface area contributed by atoms with Crippen LogP contribution in [0.15, 0.2) is 35.2 Å². The van der Waals surface area contributed by atoms with Gasteiger partial charge < -0.3 is 14.5 Å². The number of anilines is 1. The Labute approximate surface area is 116 Å². The van der Waals surface area contributed by atoms with Crippen LogP contribution >= 0.6 is 0 Å². The number of nitrogens with one attached hydrogen (secondary N) is 1. The van der Waals surface area contributed by atoms with Crippen molar-refractivity contribution in [2.75, 3.05) is 11.9 Å². The van der Waals surface area contributed by atoms with Crippen LogP contribution < -0.4 is 5.32 Å². The van der Waals surface area contributed by atoms with Gasteiger partial charge in [0.1, 0.15) is 0 Å². The maximum Gasteiger partial charge on any atom is 0.291 e. The molecule has 3 heterocycles. The highest BCUT2D eigenvalue weighted by Gasteiger charge is 2.15. The van der Waals surface area contributed by atoms with Crippen molar-refractivity contribution in [1.29, 1.82) is 0 Å². The number of ether oxygens (including phenoxy) is 1. The van der Waals surface area contributed by atoms with Crippen LogP contribution in [-0.2, 0) is 11.3 Å². The van der Waals surface area contributed by atoms with Crippen LogP contribution in [0.4, 0.5) is 5.69 Å². The second-order valence-electron chi connectivity index (χ2n) is 4.87. The van der Waals surface area contributed by atoms with Crippen molar-refractivity contribution in [3.05, 3.63) is 36.5 Å². The highest BCUT2D eigenvalue weighted by atomic mass is 16.5. The molecule has 0 radical (unpaired) electrons. The zero-order valence-corrected chi connectivity index (χ0v) is 11.1. The Kier molecular flexibility index (Phi) is 3.83. The van der Waals surface area contributed by atoms with Crippen molar-refractivity contribution in [3.63, 3.8) is 0 Å². The Morgan fingerprint density at radius 2 is 2.45 bits per heavy atom. The van der Waals surface area contributed by atoms with E-state index < -0.39 is 0 Å². The van der Waals surface area contributed by atoms with E-state index >= 15 is 0 Å². The Morgan fingerprint density at radius 3 is 3.20 bits per heavy atom. The average Bonchev–Trinajstić information content (AvgIpc) is 3.11. The third-order valence-electron chi connectivity index (χ3n) is 3.30. The molecule has 1 aliphatic heterocycles. The zero-order valence-electron chi connectivity index (χ0n) is 11.1.